The number of nitrogens with two attached hydrogens (primary N) is 1. The number of hydrogen-bond donors (Lipinski definition) is 1. The van der Waals surface area contributed by atoms with E-state index in [2.05, 4.69) is 13.8 Å². The standard InChI is InChI=1S/C10H21NOS/c1-3-5-6-7-9(4-2)13-8-10(11)12/h9H,3-8H2,1-2H3,(H2,11,12). The van der Waals surface area contributed by atoms with E-state index in [-0.39, 0.29) is 5.91 Å². The zero-order valence-corrected chi connectivity index (χ0v) is 9.53. The molecule has 1 unspecified atom stereocenters. The van der Waals surface area contributed by atoms with Crippen molar-refractivity contribution < 1.29 is 4.79 Å². The summed E-state index contributed by atoms with van der Waals surface area (Å²) < 4.78 is 0. The Morgan fingerprint density at radius 2 is 2.08 bits per heavy atom. The molecule has 0 bridgehead atoms. The van der Waals surface area contributed by atoms with Crippen molar-refractivity contribution in [3.05, 3.63) is 0 Å². The number of carbonyl (C=O) groups is 1. The molecule has 2 nitrogen and oxygen atoms in total. The predicted octanol–water partition coefficient (Wildman–Crippen LogP) is 2.56. The molecule has 0 saturated carbocycles. The van der Waals surface area contributed by atoms with Crippen molar-refractivity contribution in [2.75, 3.05) is 5.75 Å². The van der Waals surface area contributed by atoms with Crippen molar-refractivity contribution in [3.8, 4) is 0 Å². The highest BCUT2D eigenvalue weighted by atomic mass is 32.2. The van der Waals surface area contributed by atoms with Gasteiger partial charge in [0.05, 0.1) is 5.75 Å². The fraction of sp³-hybridized carbons (Fsp3) is 0.900. The van der Waals surface area contributed by atoms with Crippen molar-refractivity contribution in [2.45, 2.75) is 51.2 Å². The number of primary amides is 1. The van der Waals surface area contributed by atoms with E-state index in [0.717, 1.165) is 6.42 Å². The third-order valence-corrected chi connectivity index (χ3v) is 3.54. The third kappa shape index (κ3) is 8.16. The minimum Gasteiger partial charge on any atom is -0.369 e. The Morgan fingerprint density at radius 3 is 2.54 bits per heavy atom. The second-order valence-electron chi connectivity index (χ2n) is 3.30. The Morgan fingerprint density at radius 1 is 1.38 bits per heavy atom. The summed E-state index contributed by atoms with van der Waals surface area (Å²) in [5.74, 6) is 0.281. The number of hydrogen-bond acceptors (Lipinski definition) is 2. The van der Waals surface area contributed by atoms with Crippen LogP contribution in [0.3, 0.4) is 0 Å². The molecule has 0 fully saturated rings. The maximum absolute atomic E-state index is 10.6. The van der Waals surface area contributed by atoms with E-state index in [0.29, 0.717) is 11.0 Å². The van der Waals surface area contributed by atoms with Crippen LogP contribution in [0.4, 0.5) is 0 Å². The van der Waals surface area contributed by atoms with Gasteiger partial charge in [-0.25, -0.2) is 0 Å². The molecule has 0 saturated heterocycles. The first-order valence-electron chi connectivity index (χ1n) is 5.10. The number of rotatable bonds is 8. The molecule has 0 aliphatic carbocycles. The van der Waals surface area contributed by atoms with Gasteiger partial charge in [0.2, 0.25) is 5.91 Å². The summed E-state index contributed by atoms with van der Waals surface area (Å²) in [7, 11) is 0. The quantitative estimate of drug-likeness (QED) is 0.616. The summed E-state index contributed by atoms with van der Waals surface area (Å²) in [6.45, 7) is 4.38. The topological polar surface area (TPSA) is 43.1 Å². The van der Waals surface area contributed by atoms with Gasteiger partial charge in [-0.15, -0.1) is 11.8 Å². The first kappa shape index (κ1) is 12.8. The SMILES string of the molecule is CCCCCC(CC)SCC(N)=O. The largest absolute Gasteiger partial charge is 0.369 e. The van der Waals surface area contributed by atoms with Crippen molar-refractivity contribution in [1.29, 1.82) is 0 Å². The van der Waals surface area contributed by atoms with Crippen molar-refractivity contribution >= 4 is 17.7 Å². The molecule has 0 aromatic rings. The van der Waals surface area contributed by atoms with E-state index in [1.54, 1.807) is 11.8 Å². The molecule has 0 rings (SSSR count). The third-order valence-electron chi connectivity index (χ3n) is 2.05. The molecule has 1 amide bonds. The summed E-state index contributed by atoms with van der Waals surface area (Å²) in [5.41, 5.74) is 5.09. The second kappa shape index (κ2) is 8.42. The summed E-state index contributed by atoms with van der Waals surface area (Å²) >= 11 is 1.71. The molecule has 0 radical (unpaired) electrons. The summed E-state index contributed by atoms with van der Waals surface area (Å²) in [6, 6.07) is 0. The minimum atomic E-state index is -0.195. The fourth-order valence-corrected chi connectivity index (χ4v) is 2.20. The van der Waals surface area contributed by atoms with E-state index in [4.69, 9.17) is 5.73 Å². The van der Waals surface area contributed by atoms with Crippen LogP contribution in [0.15, 0.2) is 0 Å². The number of thioether (sulfide) groups is 1. The first-order chi connectivity index (χ1) is 6.20. The van der Waals surface area contributed by atoms with Crippen molar-refractivity contribution in [1.82, 2.24) is 0 Å². The lowest BCUT2D eigenvalue weighted by Gasteiger charge is -2.12. The van der Waals surface area contributed by atoms with Crippen molar-refractivity contribution in [3.63, 3.8) is 0 Å². The highest BCUT2D eigenvalue weighted by molar-refractivity contribution is 8.00. The summed E-state index contributed by atoms with van der Waals surface area (Å²) in [5, 5.41) is 0.624. The molecular weight excluding hydrogens is 182 g/mol. The highest BCUT2D eigenvalue weighted by Gasteiger charge is 2.07. The van der Waals surface area contributed by atoms with Crippen LogP contribution in [0.1, 0.15) is 46.0 Å². The van der Waals surface area contributed by atoms with E-state index in [1.165, 1.54) is 25.7 Å². The van der Waals surface area contributed by atoms with Crippen LogP contribution >= 0.6 is 11.8 Å². The normalized spacial score (nSPS) is 12.8. The molecule has 0 spiro atoms. The van der Waals surface area contributed by atoms with Gasteiger partial charge >= 0.3 is 0 Å². The maximum atomic E-state index is 10.6. The molecule has 0 aliphatic rings. The van der Waals surface area contributed by atoms with Crippen LogP contribution in [0, 0.1) is 0 Å². The molecule has 0 aliphatic heterocycles. The average Bonchev–Trinajstić information content (AvgIpc) is 2.10. The van der Waals surface area contributed by atoms with Crippen LogP contribution in [-0.2, 0) is 4.79 Å². The van der Waals surface area contributed by atoms with Crippen molar-refractivity contribution in [2.24, 2.45) is 5.73 Å². The molecule has 78 valence electrons. The Balaban J connectivity index is 3.45. The Bertz CT molecular complexity index is 139. The summed E-state index contributed by atoms with van der Waals surface area (Å²) in [6.07, 6.45) is 6.20. The van der Waals surface area contributed by atoms with Crippen LogP contribution in [-0.4, -0.2) is 16.9 Å². The summed E-state index contributed by atoms with van der Waals surface area (Å²) in [4.78, 5) is 10.6. The van der Waals surface area contributed by atoms with Gasteiger partial charge in [0.15, 0.2) is 0 Å². The van der Waals surface area contributed by atoms with Crippen LogP contribution < -0.4 is 5.73 Å². The Hall–Kier alpha value is -0.180. The van der Waals surface area contributed by atoms with E-state index < -0.39 is 0 Å². The van der Waals surface area contributed by atoms with Gasteiger partial charge in [0.25, 0.3) is 0 Å². The Labute approximate surface area is 85.6 Å². The van der Waals surface area contributed by atoms with Gasteiger partial charge in [-0.3, -0.25) is 4.79 Å². The second-order valence-corrected chi connectivity index (χ2v) is 4.59. The lowest BCUT2D eigenvalue weighted by Crippen LogP contribution is -2.16. The number of amides is 1. The fourth-order valence-electron chi connectivity index (χ4n) is 1.23. The van der Waals surface area contributed by atoms with Crippen LogP contribution in [0.5, 0.6) is 0 Å². The molecule has 0 aromatic carbocycles. The average molecular weight is 203 g/mol. The molecule has 0 heterocycles. The molecule has 3 heteroatoms. The zero-order valence-electron chi connectivity index (χ0n) is 8.71. The van der Waals surface area contributed by atoms with Gasteiger partial charge in [0, 0.05) is 5.25 Å². The number of carbonyl (C=O) groups excluding carboxylic acids is 1. The highest BCUT2D eigenvalue weighted by Crippen LogP contribution is 2.20. The maximum Gasteiger partial charge on any atom is 0.227 e. The van der Waals surface area contributed by atoms with Gasteiger partial charge in [-0.05, 0) is 12.8 Å². The first-order valence-corrected chi connectivity index (χ1v) is 6.15. The monoisotopic (exact) mass is 203 g/mol. The smallest absolute Gasteiger partial charge is 0.227 e. The number of unbranched alkanes of at least 4 members (excludes halogenated alkanes) is 2. The van der Waals surface area contributed by atoms with Crippen LogP contribution in [0.2, 0.25) is 0 Å². The van der Waals surface area contributed by atoms with E-state index in [9.17, 15) is 4.79 Å². The van der Waals surface area contributed by atoms with Crippen LogP contribution in [0.25, 0.3) is 0 Å². The van der Waals surface area contributed by atoms with E-state index >= 15 is 0 Å². The molecule has 1 atom stereocenters. The predicted molar refractivity (Wildman–Crippen MR) is 59.9 cm³/mol. The zero-order chi connectivity index (χ0) is 10.1. The van der Waals surface area contributed by atoms with Gasteiger partial charge < -0.3 is 5.73 Å². The van der Waals surface area contributed by atoms with Gasteiger partial charge in [0.1, 0.15) is 0 Å². The molecule has 2 N–H and O–H groups in total. The lowest BCUT2D eigenvalue weighted by molar-refractivity contribution is -0.115. The lowest BCUT2D eigenvalue weighted by atomic mass is 10.1. The van der Waals surface area contributed by atoms with Gasteiger partial charge in [-0.1, -0.05) is 33.1 Å². The van der Waals surface area contributed by atoms with E-state index in [1.807, 2.05) is 0 Å². The molecule has 13 heavy (non-hydrogen) atoms. The Kier molecular flexibility index (Phi) is 8.30. The minimum absolute atomic E-state index is 0.195. The molecular formula is C10H21NOS. The van der Waals surface area contributed by atoms with Gasteiger partial charge in [-0.2, -0.15) is 0 Å². The molecule has 0 aromatic heterocycles.